The van der Waals surface area contributed by atoms with E-state index in [1.165, 1.54) is 25.2 Å². The number of benzene rings is 3. The summed E-state index contributed by atoms with van der Waals surface area (Å²) in [5, 5.41) is 9.61. The van der Waals surface area contributed by atoms with Crippen molar-refractivity contribution in [3.63, 3.8) is 0 Å². The molecule has 0 fully saturated rings. The molecule has 0 atom stereocenters. The number of thiophene rings is 1. The topological polar surface area (TPSA) is 97.6 Å². The average molecular weight is 554 g/mol. The number of hydrogen-bond acceptors (Lipinski definition) is 9. The van der Waals surface area contributed by atoms with Gasteiger partial charge in [-0.05, 0) is 85.0 Å². The normalized spacial score (nSPS) is 11.6. The molecule has 8 nitrogen and oxygen atoms in total. The first-order valence-electron chi connectivity index (χ1n) is 12.4. The summed E-state index contributed by atoms with van der Waals surface area (Å²) >= 11 is 1.41. The van der Waals surface area contributed by atoms with Gasteiger partial charge in [-0.1, -0.05) is 40.6 Å². The summed E-state index contributed by atoms with van der Waals surface area (Å²) in [4.78, 5) is 47.3. The summed E-state index contributed by atoms with van der Waals surface area (Å²) < 4.78 is 0. The number of hydrogen-bond donors (Lipinski definition) is 0. The van der Waals surface area contributed by atoms with E-state index in [0.717, 1.165) is 28.2 Å². The highest BCUT2D eigenvalue weighted by atomic mass is 32.1. The highest BCUT2D eigenvalue weighted by Gasteiger charge is 2.16. The summed E-state index contributed by atoms with van der Waals surface area (Å²) in [7, 11) is 0. The second kappa shape index (κ2) is 12.8. The van der Waals surface area contributed by atoms with E-state index in [1.807, 2.05) is 95.2 Å². The molecule has 4 rings (SSSR count). The molecule has 0 radical (unpaired) electrons. The predicted molar refractivity (Wildman–Crippen MR) is 157 cm³/mol. The van der Waals surface area contributed by atoms with Crippen LogP contribution in [0.25, 0.3) is 0 Å². The van der Waals surface area contributed by atoms with Crippen molar-refractivity contribution in [2.45, 2.75) is 27.7 Å². The van der Waals surface area contributed by atoms with Gasteiger partial charge in [0.2, 0.25) is 5.78 Å². The van der Waals surface area contributed by atoms with Gasteiger partial charge in [-0.3, -0.25) is 4.79 Å². The van der Waals surface area contributed by atoms with Gasteiger partial charge in [0, 0.05) is 36.5 Å². The molecule has 0 N–H and O–H groups in total. The van der Waals surface area contributed by atoms with Crippen molar-refractivity contribution in [1.29, 1.82) is 0 Å². The lowest BCUT2D eigenvalue weighted by Crippen LogP contribution is -2.11. The van der Waals surface area contributed by atoms with Crippen LogP contribution in [0.5, 0.6) is 0 Å². The van der Waals surface area contributed by atoms with Gasteiger partial charge >= 0.3 is 11.9 Å². The minimum absolute atomic E-state index is 0.0214. The molecule has 0 amide bonds. The van der Waals surface area contributed by atoms with Gasteiger partial charge in [0.15, 0.2) is 0 Å². The third-order valence-electron chi connectivity index (χ3n) is 5.84. The molecule has 9 heteroatoms. The van der Waals surface area contributed by atoms with Gasteiger partial charge in [0.1, 0.15) is 0 Å². The highest BCUT2D eigenvalue weighted by Crippen LogP contribution is 2.35. The summed E-state index contributed by atoms with van der Waals surface area (Å²) in [5.74, 6) is -0.994. The lowest BCUT2D eigenvalue weighted by atomic mass is 10.1. The van der Waals surface area contributed by atoms with Crippen molar-refractivity contribution < 1.29 is 24.1 Å². The molecule has 0 saturated carbocycles. The van der Waals surface area contributed by atoms with Crippen molar-refractivity contribution >= 4 is 57.5 Å². The van der Waals surface area contributed by atoms with Gasteiger partial charge in [-0.2, -0.15) is 0 Å². The molecular weight excluding hydrogens is 526 g/mol. The predicted octanol–water partition coefficient (Wildman–Crippen LogP) is 7.02. The molecule has 3 aromatic carbocycles. The van der Waals surface area contributed by atoms with E-state index < -0.39 is 11.9 Å². The molecule has 0 spiro atoms. The van der Waals surface area contributed by atoms with Crippen LogP contribution in [-0.2, 0) is 19.3 Å². The number of oxime groups is 2. The van der Waals surface area contributed by atoms with Crippen LogP contribution in [0.1, 0.15) is 54.1 Å². The fraction of sp³-hybridized carbons (Fsp3) is 0.129. The molecular formula is C31H27N3O5S. The van der Waals surface area contributed by atoms with E-state index in [2.05, 4.69) is 10.3 Å². The highest BCUT2D eigenvalue weighted by molar-refractivity contribution is 7.12. The number of carbonyl (C=O) groups is 3. The van der Waals surface area contributed by atoms with Gasteiger partial charge in [-0.25, -0.2) is 9.59 Å². The Morgan fingerprint density at radius 3 is 1.35 bits per heavy atom. The van der Waals surface area contributed by atoms with E-state index in [1.54, 1.807) is 13.8 Å². The van der Waals surface area contributed by atoms with Gasteiger partial charge in [-0.15, -0.1) is 11.3 Å². The van der Waals surface area contributed by atoms with E-state index >= 15 is 0 Å². The Morgan fingerprint density at radius 2 is 1.00 bits per heavy atom. The summed E-state index contributed by atoms with van der Waals surface area (Å²) in [5.41, 5.74) is 5.90. The second-order valence-electron chi connectivity index (χ2n) is 8.80. The lowest BCUT2D eigenvalue weighted by Gasteiger charge is -2.26. The lowest BCUT2D eigenvalue weighted by molar-refractivity contribution is -0.141. The fourth-order valence-corrected chi connectivity index (χ4v) is 4.52. The first-order valence-corrected chi connectivity index (χ1v) is 13.2. The summed E-state index contributed by atoms with van der Waals surface area (Å²) in [6.45, 7) is 6.12. The zero-order valence-corrected chi connectivity index (χ0v) is 23.3. The molecule has 1 aromatic heterocycles. The molecule has 4 aromatic rings. The van der Waals surface area contributed by atoms with Crippen LogP contribution in [0.2, 0.25) is 0 Å². The molecule has 0 aliphatic heterocycles. The monoisotopic (exact) mass is 553 g/mol. The Morgan fingerprint density at radius 1 is 0.600 bits per heavy atom. The maximum absolute atomic E-state index is 12.8. The summed E-state index contributed by atoms with van der Waals surface area (Å²) in [6.07, 6.45) is 0. The van der Waals surface area contributed by atoms with Crippen LogP contribution in [-0.4, -0.2) is 29.1 Å². The van der Waals surface area contributed by atoms with E-state index in [9.17, 15) is 14.4 Å². The van der Waals surface area contributed by atoms with Crippen LogP contribution in [0.3, 0.4) is 0 Å². The van der Waals surface area contributed by atoms with Crippen LogP contribution in [0.4, 0.5) is 17.1 Å². The number of nitrogens with zero attached hydrogens (tertiary/aromatic N) is 3. The quantitative estimate of drug-likeness (QED) is 0.0956. The third kappa shape index (κ3) is 6.95. The Bertz CT molecular complexity index is 1480. The molecule has 202 valence electrons. The second-order valence-corrected chi connectivity index (χ2v) is 9.75. The zero-order chi connectivity index (χ0) is 28.6. The van der Waals surface area contributed by atoms with Gasteiger partial charge in [0.25, 0.3) is 0 Å². The van der Waals surface area contributed by atoms with Crippen LogP contribution in [0, 0.1) is 0 Å². The standard InChI is InChI=1S/C31H27N3O5S/c1-20(32-38-22(3)35)24-7-13-27(14-8-24)34(28-15-9-25(10-16-28)21(2)33-39-23(4)36)29-17-11-26(12-18-29)31(37)30-6-5-19-40-30/h5-19H,1-4H3/b32-20+,33-21?. The number of anilines is 3. The van der Waals surface area contributed by atoms with Crippen LogP contribution >= 0.6 is 11.3 Å². The van der Waals surface area contributed by atoms with Crippen molar-refractivity contribution in [3.8, 4) is 0 Å². The average Bonchev–Trinajstić information content (AvgIpc) is 3.51. The molecule has 0 aliphatic rings. The van der Waals surface area contributed by atoms with Crippen LogP contribution in [0.15, 0.2) is 101 Å². The van der Waals surface area contributed by atoms with Gasteiger partial charge < -0.3 is 14.6 Å². The van der Waals surface area contributed by atoms with E-state index in [-0.39, 0.29) is 5.78 Å². The van der Waals surface area contributed by atoms with Crippen molar-refractivity contribution in [1.82, 2.24) is 0 Å². The Labute approximate surface area is 236 Å². The molecule has 0 saturated heterocycles. The number of ketones is 1. The number of rotatable bonds is 9. The first kappa shape index (κ1) is 28.1. The SMILES string of the molecule is CC(=O)ON=C(C)c1ccc(N(c2ccc(C(=O)c3cccs3)cc2)c2ccc(/C(C)=N/OC(C)=O)cc2)cc1. The Kier molecular flexibility index (Phi) is 8.98. The maximum Gasteiger partial charge on any atom is 0.331 e. The van der Waals surface area contributed by atoms with Crippen LogP contribution < -0.4 is 4.90 Å². The number of carbonyl (C=O) groups excluding carboxylic acids is 3. The van der Waals surface area contributed by atoms with Crippen molar-refractivity contribution in [3.05, 3.63) is 112 Å². The summed E-state index contributed by atoms with van der Waals surface area (Å²) in [6, 6.07) is 26.4. The molecule has 0 aliphatic carbocycles. The van der Waals surface area contributed by atoms with Crippen molar-refractivity contribution in [2.75, 3.05) is 4.90 Å². The maximum atomic E-state index is 12.8. The Hall–Kier alpha value is -4.89. The fourth-order valence-electron chi connectivity index (χ4n) is 3.83. The molecule has 0 unspecified atom stereocenters. The third-order valence-corrected chi connectivity index (χ3v) is 6.71. The molecule has 40 heavy (non-hydrogen) atoms. The zero-order valence-electron chi connectivity index (χ0n) is 22.5. The molecule has 1 heterocycles. The van der Waals surface area contributed by atoms with Crippen molar-refractivity contribution in [2.24, 2.45) is 10.3 Å². The first-order chi connectivity index (χ1) is 19.2. The minimum Gasteiger partial charge on any atom is -0.318 e. The smallest absolute Gasteiger partial charge is 0.318 e. The van der Waals surface area contributed by atoms with E-state index in [4.69, 9.17) is 9.68 Å². The Balaban J connectivity index is 1.69. The largest absolute Gasteiger partial charge is 0.331 e. The minimum atomic E-state index is -0.486. The van der Waals surface area contributed by atoms with Gasteiger partial charge in [0.05, 0.1) is 16.3 Å². The van der Waals surface area contributed by atoms with E-state index in [0.29, 0.717) is 21.9 Å². The molecule has 0 bridgehead atoms.